The summed E-state index contributed by atoms with van der Waals surface area (Å²) in [6.45, 7) is 2.81. The third-order valence-corrected chi connectivity index (χ3v) is 2.17. The Morgan fingerprint density at radius 1 is 1.33 bits per heavy atom. The second-order valence-electron chi connectivity index (χ2n) is 3.61. The van der Waals surface area contributed by atoms with Crippen LogP contribution < -0.4 is 10.8 Å². The Labute approximate surface area is 101 Å². The molecule has 9 nitrogen and oxygen atoms in total. The molecule has 0 aliphatic carbocycles. The first-order valence-electron chi connectivity index (χ1n) is 5.36. The van der Waals surface area contributed by atoms with Crippen molar-refractivity contribution in [3.8, 4) is 0 Å². The summed E-state index contributed by atoms with van der Waals surface area (Å²) < 4.78 is 5.27. The highest BCUT2D eigenvalue weighted by Crippen LogP contribution is 2.08. The quantitative estimate of drug-likeness (QED) is 0.442. The molecule has 2 aromatic rings. The van der Waals surface area contributed by atoms with Crippen LogP contribution in [0.25, 0.3) is 11.2 Å². The number of H-pyrrole nitrogens is 2. The number of imidazole rings is 1. The maximum Gasteiger partial charge on any atom is 0.278 e. The van der Waals surface area contributed by atoms with E-state index in [0.717, 1.165) is 6.42 Å². The summed E-state index contributed by atoms with van der Waals surface area (Å²) >= 11 is 0. The first-order chi connectivity index (χ1) is 8.61. The maximum atomic E-state index is 11.6. The molecule has 0 aliphatic heterocycles. The number of aromatic nitrogens is 4. The van der Waals surface area contributed by atoms with Crippen LogP contribution in [0.3, 0.4) is 0 Å². The Bertz CT molecular complexity index is 590. The molecular formula is C9H13N5O4. The summed E-state index contributed by atoms with van der Waals surface area (Å²) in [5.41, 5.74) is -0.287. The summed E-state index contributed by atoms with van der Waals surface area (Å²) in [6.07, 6.45) is 0.882. The van der Waals surface area contributed by atoms with E-state index in [1.807, 2.05) is 6.92 Å². The Hall–Kier alpha value is -1.97. The highest BCUT2D eigenvalue weighted by molar-refractivity contribution is 5.70. The minimum atomic E-state index is -0.544. The molecule has 0 amide bonds. The summed E-state index contributed by atoms with van der Waals surface area (Å²) in [5.74, 6) is 0.0519. The number of aromatic amines is 2. The minimum Gasteiger partial charge on any atom is -0.374 e. The van der Waals surface area contributed by atoms with Gasteiger partial charge in [0.05, 0.1) is 0 Å². The Kier molecular flexibility index (Phi) is 3.55. The zero-order chi connectivity index (χ0) is 13.1. The van der Waals surface area contributed by atoms with E-state index in [-0.39, 0.29) is 23.0 Å². The standard InChI is InChI=1S/C9H13N5O4/c1-2-3-18-4-5-10-6-7(11-5)12-9(14(16)17)13-8(6)15/h16-17H,2-4H2,1H3,(H2,10,11,12,13,15). The summed E-state index contributed by atoms with van der Waals surface area (Å²) in [4.78, 5) is 24.3. The molecule has 0 aliphatic rings. The normalized spacial score (nSPS) is 11.1. The zero-order valence-electron chi connectivity index (χ0n) is 9.67. The lowest BCUT2D eigenvalue weighted by Gasteiger charge is -2.04. The molecule has 0 saturated heterocycles. The van der Waals surface area contributed by atoms with E-state index in [4.69, 9.17) is 15.2 Å². The van der Waals surface area contributed by atoms with Crippen molar-refractivity contribution in [1.82, 2.24) is 19.9 Å². The molecule has 2 heterocycles. The Balaban J connectivity index is 2.32. The van der Waals surface area contributed by atoms with Crippen LogP contribution >= 0.6 is 0 Å². The predicted molar refractivity (Wildman–Crippen MR) is 60.5 cm³/mol. The third-order valence-electron chi connectivity index (χ3n) is 2.17. The molecule has 0 saturated carbocycles. The van der Waals surface area contributed by atoms with Crippen LogP contribution in [-0.2, 0) is 11.3 Å². The first kappa shape index (κ1) is 12.5. The first-order valence-corrected chi connectivity index (χ1v) is 5.36. The summed E-state index contributed by atoms with van der Waals surface area (Å²) in [5, 5.41) is 17.3. The van der Waals surface area contributed by atoms with Crippen LogP contribution in [0.4, 0.5) is 5.95 Å². The molecule has 0 aromatic carbocycles. The van der Waals surface area contributed by atoms with Gasteiger partial charge in [0.2, 0.25) is 0 Å². The van der Waals surface area contributed by atoms with Gasteiger partial charge in [-0.15, -0.1) is 0 Å². The van der Waals surface area contributed by atoms with Gasteiger partial charge in [0.15, 0.2) is 11.2 Å². The molecule has 0 radical (unpaired) electrons. The summed E-state index contributed by atoms with van der Waals surface area (Å²) in [6, 6.07) is 0. The topological polar surface area (TPSA) is 127 Å². The number of fused-ring (bicyclic) bond motifs is 1. The van der Waals surface area contributed by atoms with Gasteiger partial charge in [0.1, 0.15) is 12.4 Å². The van der Waals surface area contributed by atoms with Crippen molar-refractivity contribution in [2.75, 3.05) is 11.8 Å². The smallest absolute Gasteiger partial charge is 0.278 e. The molecular weight excluding hydrogens is 242 g/mol. The van der Waals surface area contributed by atoms with Crippen molar-refractivity contribution in [2.24, 2.45) is 0 Å². The van der Waals surface area contributed by atoms with Crippen molar-refractivity contribution >= 4 is 17.1 Å². The molecule has 98 valence electrons. The molecule has 2 rings (SSSR count). The number of nitrogens with zero attached hydrogens (tertiary/aromatic N) is 3. The van der Waals surface area contributed by atoms with Crippen LogP contribution in [0.5, 0.6) is 0 Å². The SMILES string of the molecule is CCCOCc1nc2nc(N(O)O)[nH]c(=O)c2[nH]1. The van der Waals surface area contributed by atoms with Crippen LogP contribution in [0, 0.1) is 0 Å². The Morgan fingerprint density at radius 2 is 2.11 bits per heavy atom. The predicted octanol–water partition coefficient (Wildman–Crippen LogP) is 0.158. The van der Waals surface area contributed by atoms with Crippen molar-refractivity contribution in [2.45, 2.75) is 20.0 Å². The molecule has 18 heavy (non-hydrogen) atoms. The van der Waals surface area contributed by atoms with E-state index in [1.165, 1.54) is 0 Å². The zero-order valence-corrected chi connectivity index (χ0v) is 9.67. The molecule has 0 spiro atoms. The van der Waals surface area contributed by atoms with Crippen LogP contribution in [0.15, 0.2) is 4.79 Å². The lowest BCUT2D eigenvalue weighted by atomic mass is 10.5. The monoisotopic (exact) mass is 255 g/mol. The fourth-order valence-electron chi connectivity index (χ4n) is 1.42. The van der Waals surface area contributed by atoms with Gasteiger partial charge >= 0.3 is 0 Å². The van der Waals surface area contributed by atoms with E-state index in [1.54, 1.807) is 0 Å². The number of anilines is 1. The molecule has 2 aromatic heterocycles. The fraction of sp³-hybridized carbons (Fsp3) is 0.444. The maximum absolute atomic E-state index is 11.6. The molecule has 0 unspecified atom stereocenters. The van der Waals surface area contributed by atoms with E-state index >= 15 is 0 Å². The highest BCUT2D eigenvalue weighted by Gasteiger charge is 2.11. The van der Waals surface area contributed by atoms with Gasteiger partial charge in [-0.1, -0.05) is 12.2 Å². The van der Waals surface area contributed by atoms with Gasteiger partial charge in [-0.3, -0.25) is 20.2 Å². The van der Waals surface area contributed by atoms with Gasteiger partial charge in [0, 0.05) is 6.61 Å². The second-order valence-corrected chi connectivity index (χ2v) is 3.61. The number of nitrogens with one attached hydrogen (secondary N) is 2. The van der Waals surface area contributed by atoms with Gasteiger partial charge in [-0.2, -0.15) is 4.98 Å². The van der Waals surface area contributed by atoms with Crippen molar-refractivity contribution in [3.05, 3.63) is 16.2 Å². The molecule has 0 bridgehead atoms. The van der Waals surface area contributed by atoms with E-state index in [9.17, 15) is 4.79 Å². The van der Waals surface area contributed by atoms with E-state index in [2.05, 4.69) is 19.9 Å². The van der Waals surface area contributed by atoms with Crippen LogP contribution in [-0.4, -0.2) is 37.0 Å². The van der Waals surface area contributed by atoms with Crippen molar-refractivity contribution in [3.63, 3.8) is 0 Å². The summed E-state index contributed by atoms with van der Waals surface area (Å²) in [7, 11) is 0. The van der Waals surface area contributed by atoms with Gasteiger partial charge in [-0.05, 0) is 6.42 Å². The lowest BCUT2D eigenvalue weighted by molar-refractivity contribution is 0.0242. The highest BCUT2D eigenvalue weighted by atomic mass is 16.8. The van der Waals surface area contributed by atoms with Crippen LogP contribution in [0.2, 0.25) is 0 Å². The molecule has 9 heteroatoms. The van der Waals surface area contributed by atoms with Gasteiger partial charge in [0.25, 0.3) is 11.5 Å². The molecule has 4 N–H and O–H groups in total. The minimum absolute atomic E-state index is 0.0944. The molecule has 0 atom stereocenters. The molecule has 0 fully saturated rings. The van der Waals surface area contributed by atoms with Crippen LogP contribution in [0.1, 0.15) is 19.2 Å². The third kappa shape index (κ3) is 2.47. The fourth-order valence-corrected chi connectivity index (χ4v) is 1.42. The number of hydrogen-bond acceptors (Lipinski definition) is 7. The largest absolute Gasteiger partial charge is 0.374 e. The second kappa shape index (κ2) is 5.12. The average molecular weight is 255 g/mol. The average Bonchev–Trinajstić information content (AvgIpc) is 2.72. The van der Waals surface area contributed by atoms with Crippen molar-refractivity contribution < 1.29 is 15.2 Å². The van der Waals surface area contributed by atoms with Gasteiger partial charge in [-0.25, -0.2) is 4.98 Å². The van der Waals surface area contributed by atoms with E-state index < -0.39 is 11.5 Å². The number of rotatable bonds is 5. The Morgan fingerprint density at radius 3 is 2.78 bits per heavy atom. The number of ether oxygens (including phenoxy) is 1. The van der Waals surface area contributed by atoms with Gasteiger partial charge < -0.3 is 9.72 Å². The lowest BCUT2D eigenvalue weighted by Crippen LogP contribution is -2.19. The van der Waals surface area contributed by atoms with Crippen molar-refractivity contribution in [1.29, 1.82) is 0 Å². The number of hydrogen-bond donors (Lipinski definition) is 4. The van der Waals surface area contributed by atoms with E-state index in [0.29, 0.717) is 12.4 Å².